The predicted molar refractivity (Wildman–Crippen MR) is 113 cm³/mol. The number of carbonyl (C=O) groups is 1. The Morgan fingerprint density at radius 1 is 1.10 bits per heavy atom. The van der Waals surface area contributed by atoms with E-state index in [1.165, 1.54) is 7.11 Å². The quantitative estimate of drug-likeness (QED) is 0.561. The molecule has 2 aromatic carbocycles. The Morgan fingerprint density at radius 3 is 2.23 bits per heavy atom. The fourth-order valence-corrected chi connectivity index (χ4v) is 3.51. The molecule has 154 valence electrons. The number of rotatable bonds is 5. The molecule has 0 saturated carbocycles. The topological polar surface area (TPSA) is 121 Å². The van der Waals surface area contributed by atoms with E-state index in [1.807, 2.05) is 0 Å². The Morgan fingerprint density at radius 2 is 1.70 bits per heavy atom. The van der Waals surface area contributed by atoms with E-state index in [0.29, 0.717) is 33.1 Å². The third kappa shape index (κ3) is 4.74. The van der Waals surface area contributed by atoms with Gasteiger partial charge in [0, 0.05) is 10.7 Å². The zero-order valence-corrected chi connectivity index (χ0v) is 17.5. The third-order valence-corrected chi connectivity index (χ3v) is 4.90. The molecule has 0 aliphatic rings. The van der Waals surface area contributed by atoms with Gasteiger partial charge >= 0.3 is 6.16 Å². The summed E-state index contributed by atoms with van der Waals surface area (Å²) in [5.41, 5.74) is 2.56. The van der Waals surface area contributed by atoms with E-state index in [2.05, 4.69) is 20.5 Å². The zero-order valence-electron chi connectivity index (χ0n) is 15.9. The van der Waals surface area contributed by atoms with Crippen molar-refractivity contribution in [2.24, 2.45) is 0 Å². The molecule has 2 N–H and O–H groups in total. The zero-order chi connectivity index (χ0) is 21.9. The summed E-state index contributed by atoms with van der Waals surface area (Å²) >= 11 is 5.95. The first-order valence-electron chi connectivity index (χ1n) is 8.48. The summed E-state index contributed by atoms with van der Waals surface area (Å²) in [6.07, 6.45) is 0.101. The van der Waals surface area contributed by atoms with E-state index < -0.39 is 16.2 Å². The molecule has 10 heteroatoms. The molecule has 0 aliphatic carbocycles. The van der Waals surface area contributed by atoms with Gasteiger partial charge in [0.2, 0.25) is 15.9 Å². The maximum absolute atomic E-state index is 11.7. The predicted octanol–water partition coefficient (Wildman–Crippen LogP) is 4.39. The molecule has 0 amide bonds. The van der Waals surface area contributed by atoms with Gasteiger partial charge in [0.25, 0.3) is 0 Å². The van der Waals surface area contributed by atoms with E-state index >= 15 is 0 Å². The van der Waals surface area contributed by atoms with Crippen molar-refractivity contribution >= 4 is 33.5 Å². The summed E-state index contributed by atoms with van der Waals surface area (Å²) in [6, 6.07) is 15.2. The number of ether oxygens (including phenoxy) is 2. The Balaban J connectivity index is 2.13. The second-order valence-electron chi connectivity index (χ2n) is 6.21. The number of halogens is 1. The van der Waals surface area contributed by atoms with Crippen LogP contribution in [0.5, 0.6) is 5.88 Å². The minimum absolute atomic E-state index is 0.0362. The molecule has 0 radical (unpaired) electrons. The summed E-state index contributed by atoms with van der Waals surface area (Å²) in [4.78, 5) is 14.7. The van der Waals surface area contributed by atoms with Crippen molar-refractivity contribution < 1.29 is 22.7 Å². The van der Waals surface area contributed by atoms with Crippen LogP contribution >= 0.6 is 11.6 Å². The number of anilines is 1. The number of methoxy groups -OCH3 is 1. The smallest absolute Gasteiger partial charge is 0.437 e. The van der Waals surface area contributed by atoms with E-state index in [1.54, 1.807) is 48.5 Å². The highest BCUT2D eigenvalue weighted by Crippen LogP contribution is 2.40. The molecule has 3 rings (SSSR count). The van der Waals surface area contributed by atoms with Gasteiger partial charge < -0.3 is 14.5 Å². The van der Waals surface area contributed by atoms with Crippen LogP contribution in [0.1, 0.15) is 5.56 Å². The Hall–Kier alpha value is -3.48. The lowest BCUT2D eigenvalue weighted by Gasteiger charge is -2.05. The first-order valence-corrected chi connectivity index (χ1v) is 10.7. The largest absolute Gasteiger partial charge is 0.514 e. The Labute approximate surface area is 178 Å². The molecule has 1 aromatic heterocycles. The first kappa shape index (κ1) is 21.2. The summed E-state index contributed by atoms with van der Waals surface area (Å²) in [5, 5.41) is 10.3. The molecule has 0 unspecified atom stereocenters. The van der Waals surface area contributed by atoms with Crippen LogP contribution in [0.3, 0.4) is 0 Å². The Bertz CT molecular complexity index is 1230. The first-order chi connectivity index (χ1) is 14.2. The van der Waals surface area contributed by atoms with Crippen LogP contribution in [0.4, 0.5) is 10.5 Å². The van der Waals surface area contributed by atoms with Crippen LogP contribution in [0, 0.1) is 11.3 Å². The van der Waals surface area contributed by atoms with E-state index in [4.69, 9.17) is 16.3 Å². The second-order valence-corrected chi connectivity index (χ2v) is 8.39. The van der Waals surface area contributed by atoms with Gasteiger partial charge in [0.15, 0.2) is 0 Å². The monoisotopic (exact) mass is 445 g/mol. The normalized spacial score (nSPS) is 10.9. The second kappa shape index (κ2) is 8.49. The fraction of sp³-hybridized carbons (Fsp3) is 0.100. The highest BCUT2D eigenvalue weighted by molar-refractivity contribution is 7.92. The van der Waals surface area contributed by atoms with Crippen LogP contribution < -0.4 is 9.46 Å². The SMILES string of the molecule is COC(=O)Oc1[nH]c(-c2ccc(NS(C)(=O)=O)cc2)c(C#N)c1-c1ccc(Cl)cc1. The number of nitrogens with one attached hydrogen (secondary N) is 2. The van der Waals surface area contributed by atoms with Crippen LogP contribution in [0.25, 0.3) is 22.4 Å². The van der Waals surface area contributed by atoms with Gasteiger partial charge in [-0.25, -0.2) is 13.2 Å². The maximum Gasteiger partial charge on any atom is 0.514 e. The lowest BCUT2D eigenvalue weighted by molar-refractivity contribution is 0.120. The van der Waals surface area contributed by atoms with Crippen molar-refractivity contribution in [2.75, 3.05) is 18.1 Å². The number of benzene rings is 2. The molecule has 0 bridgehead atoms. The van der Waals surface area contributed by atoms with Crippen LogP contribution in [-0.2, 0) is 14.8 Å². The number of hydrogen-bond donors (Lipinski definition) is 2. The number of aromatic nitrogens is 1. The molecule has 30 heavy (non-hydrogen) atoms. The standard InChI is InChI=1S/C20H16ClN3O5S/c1-28-20(25)29-19-17(12-3-7-14(21)8-4-12)16(11-22)18(23-19)13-5-9-15(10-6-13)24-30(2,26)27/h3-10,23-24H,1-2H3. The molecule has 0 atom stereocenters. The van der Waals surface area contributed by atoms with Crippen molar-refractivity contribution in [3.8, 4) is 34.3 Å². The number of nitrogens with zero attached hydrogens (tertiary/aromatic N) is 1. The highest BCUT2D eigenvalue weighted by atomic mass is 35.5. The summed E-state index contributed by atoms with van der Waals surface area (Å²) in [5.74, 6) is 0.0362. The number of nitriles is 1. The average Bonchev–Trinajstić information content (AvgIpc) is 3.06. The van der Waals surface area contributed by atoms with E-state index in [9.17, 15) is 18.5 Å². The molecule has 8 nitrogen and oxygen atoms in total. The van der Waals surface area contributed by atoms with E-state index in [-0.39, 0.29) is 11.4 Å². The number of carbonyl (C=O) groups excluding carboxylic acids is 1. The van der Waals surface area contributed by atoms with Crippen LogP contribution in [0.2, 0.25) is 5.02 Å². The summed E-state index contributed by atoms with van der Waals surface area (Å²) in [6.45, 7) is 0. The van der Waals surface area contributed by atoms with Crippen LogP contribution in [0.15, 0.2) is 48.5 Å². The van der Waals surface area contributed by atoms with Crippen molar-refractivity contribution in [3.05, 3.63) is 59.1 Å². The molecule has 0 fully saturated rings. The van der Waals surface area contributed by atoms with Crippen molar-refractivity contribution in [2.45, 2.75) is 0 Å². The summed E-state index contributed by atoms with van der Waals surface area (Å²) < 4.78 is 34.9. The number of sulfonamides is 1. The highest BCUT2D eigenvalue weighted by Gasteiger charge is 2.23. The lowest BCUT2D eigenvalue weighted by atomic mass is 10.0. The molecule has 1 heterocycles. The minimum atomic E-state index is -3.42. The van der Waals surface area contributed by atoms with Gasteiger partial charge in [-0.1, -0.05) is 35.9 Å². The fourth-order valence-electron chi connectivity index (χ4n) is 2.82. The molecule has 0 aliphatic heterocycles. The number of aromatic amines is 1. The van der Waals surface area contributed by atoms with Crippen LogP contribution in [-0.4, -0.2) is 32.9 Å². The molecule has 0 spiro atoms. The average molecular weight is 446 g/mol. The van der Waals surface area contributed by atoms with Crippen molar-refractivity contribution in [1.82, 2.24) is 4.98 Å². The molecular formula is C20H16ClN3O5S. The minimum Gasteiger partial charge on any atom is -0.437 e. The summed E-state index contributed by atoms with van der Waals surface area (Å²) in [7, 11) is -2.24. The lowest BCUT2D eigenvalue weighted by Crippen LogP contribution is -2.09. The van der Waals surface area contributed by atoms with Gasteiger partial charge in [-0.2, -0.15) is 5.26 Å². The van der Waals surface area contributed by atoms with Gasteiger partial charge in [0.05, 0.1) is 30.2 Å². The van der Waals surface area contributed by atoms with Gasteiger partial charge in [-0.05, 0) is 35.4 Å². The number of hydrogen-bond acceptors (Lipinski definition) is 6. The maximum atomic E-state index is 11.7. The Kier molecular flexibility index (Phi) is 6.01. The van der Waals surface area contributed by atoms with Gasteiger partial charge in [0.1, 0.15) is 6.07 Å². The third-order valence-electron chi connectivity index (χ3n) is 4.04. The van der Waals surface area contributed by atoms with Gasteiger partial charge in [-0.15, -0.1) is 0 Å². The number of H-pyrrole nitrogens is 1. The van der Waals surface area contributed by atoms with Gasteiger partial charge in [-0.3, -0.25) is 4.72 Å². The van der Waals surface area contributed by atoms with Crippen molar-refractivity contribution in [1.29, 1.82) is 5.26 Å². The van der Waals surface area contributed by atoms with E-state index in [0.717, 1.165) is 6.26 Å². The molecule has 0 saturated heterocycles. The van der Waals surface area contributed by atoms with Crippen molar-refractivity contribution in [3.63, 3.8) is 0 Å². The molecule has 3 aromatic rings. The molecular weight excluding hydrogens is 430 g/mol.